The summed E-state index contributed by atoms with van der Waals surface area (Å²) >= 11 is 7.09. The number of hydrogen-bond acceptors (Lipinski definition) is 3. The minimum absolute atomic E-state index is 0.0232. The van der Waals surface area contributed by atoms with Crippen molar-refractivity contribution in [1.29, 1.82) is 0 Å². The molecule has 104 valence electrons. The second-order valence-corrected chi connectivity index (χ2v) is 7.47. The van der Waals surface area contributed by atoms with Crippen LogP contribution in [0.3, 0.4) is 0 Å². The van der Waals surface area contributed by atoms with Gasteiger partial charge in [-0.1, -0.05) is 25.4 Å². The molecule has 19 heavy (non-hydrogen) atoms. The van der Waals surface area contributed by atoms with Crippen LogP contribution in [0.2, 0.25) is 4.34 Å². The first-order valence-corrected chi connectivity index (χ1v) is 7.63. The fraction of sp³-hybridized carbons (Fsp3) is 0.571. The fourth-order valence-corrected chi connectivity index (χ4v) is 3.15. The fourth-order valence-electron chi connectivity index (χ4n) is 2.17. The van der Waals surface area contributed by atoms with Gasteiger partial charge in [0.15, 0.2) is 5.78 Å². The van der Waals surface area contributed by atoms with Crippen molar-refractivity contribution in [3.8, 4) is 0 Å². The van der Waals surface area contributed by atoms with Gasteiger partial charge in [-0.2, -0.15) is 0 Å². The van der Waals surface area contributed by atoms with Crippen LogP contribution in [0.15, 0.2) is 12.1 Å². The van der Waals surface area contributed by atoms with Gasteiger partial charge in [0, 0.05) is 13.0 Å². The van der Waals surface area contributed by atoms with Gasteiger partial charge in [0.1, 0.15) is 0 Å². The molecule has 5 heteroatoms. The lowest BCUT2D eigenvalue weighted by atomic mass is 9.85. The number of carbonyl (C=O) groups excluding carboxylic acids is 2. The van der Waals surface area contributed by atoms with Gasteiger partial charge in [0.05, 0.1) is 15.8 Å². The Morgan fingerprint density at radius 1 is 1.42 bits per heavy atom. The van der Waals surface area contributed by atoms with E-state index in [1.165, 1.54) is 11.3 Å². The summed E-state index contributed by atoms with van der Waals surface area (Å²) in [6, 6.07) is 3.44. The zero-order valence-corrected chi connectivity index (χ0v) is 12.8. The van der Waals surface area contributed by atoms with Gasteiger partial charge in [-0.05, 0) is 30.4 Å². The first kappa shape index (κ1) is 14.5. The van der Waals surface area contributed by atoms with E-state index in [2.05, 4.69) is 13.8 Å². The number of hydrogen-bond donors (Lipinski definition) is 0. The second-order valence-electron chi connectivity index (χ2n) is 5.76. The van der Waals surface area contributed by atoms with Crippen molar-refractivity contribution in [2.75, 3.05) is 13.1 Å². The third-order valence-corrected chi connectivity index (χ3v) is 4.88. The molecule has 0 saturated carbocycles. The monoisotopic (exact) mass is 299 g/mol. The smallest absolute Gasteiger partial charge is 0.222 e. The molecule has 2 rings (SSSR count). The van der Waals surface area contributed by atoms with Crippen LogP contribution in [0, 0.1) is 5.41 Å². The van der Waals surface area contributed by atoms with E-state index in [9.17, 15) is 9.59 Å². The molecule has 0 bridgehead atoms. The van der Waals surface area contributed by atoms with Crippen molar-refractivity contribution >= 4 is 34.6 Å². The van der Waals surface area contributed by atoms with E-state index in [0.717, 1.165) is 12.8 Å². The van der Waals surface area contributed by atoms with E-state index in [4.69, 9.17) is 11.6 Å². The minimum Gasteiger partial charge on any atom is -0.335 e. The number of amides is 1. The molecule has 2 heterocycles. The summed E-state index contributed by atoms with van der Waals surface area (Å²) in [5.74, 6) is 0.0616. The number of ketones is 1. The van der Waals surface area contributed by atoms with Crippen LogP contribution in [0.5, 0.6) is 0 Å². The Labute approximate surface area is 122 Å². The molecule has 3 nitrogen and oxygen atoms in total. The van der Waals surface area contributed by atoms with E-state index in [0.29, 0.717) is 22.2 Å². The Morgan fingerprint density at radius 3 is 2.79 bits per heavy atom. The predicted octanol–water partition coefficient (Wildman–Crippen LogP) is 3.62. The van der Waals surface area contributed by atoms with Crippen LogP contribution in [0.1, 0.15) is 42.8 Å². The Bertz CT molecular complexity index is 495. The first-order chi connectivity index (χ1) is 8.87. The molecular weight excluding hydrogens is 282 g/mol. The summed E-state index contributed by atoms with van der Waals surface area (Å²) in [5, 5.41) is 0. The molecule has 0 aliphatic carbocycles. The topological polar surface area (TPSA) is 37.4 Å². The number of nitrogens with zero attached hydrogens (tertiary/aromatic N) is 1. The van der Waals surface area contributed by atoms with Gasteiger partial charge in [-0.3, -0.25) is 9.59 Å². The van der Waals surface area contributed by atoms with Gasteiger partial charge in [-0.25, -0.2) is 0 Å². The average Bonchev–Trinajstić information content (AvgIpc) is 2.73. The minimum atomic E-state index is -0.0232. The Balaban J connectivity index is 2.02. The van der Waals surface area contributed by atoms with E-state index in [1.807, 2.05) is 0 Å². The van der Waals surface area contributed by atoms with Gasteiger partial charge in [0.2, 0.25) is 5.91 Å². The normalized spacial score (nSPS) is 19.3. The number of thiophene rings is 1. The number of halogens is 1. The molecule has 1 fully saturated rings. The van der Waals surface area contributed by atoms with Crippen molar-refractivity contribution in [3.63, 3.8) is 0 Å². The number of rotatable bonds is 3. The van der Waals surface area contributed by atoms with Crippen LogP contribution in [0.25, 0.3) is 0 Å². The summed E-state index contributed by atoms with van der Waals surface area (Å²) in [4.78, 5) is 26.4. The van der Waals surface area contributed by atoms with E-state index < -0.39 is 0 Å². The number of likely N-dealkylation sites (tertiary alicyclic amines) is 1. The molecule has 0 unspecified atom stereocenters. The highest BCUT2D eigenvalue weighted by molar-refractivity contribution is 7.18. The molecule has 0 aromatic carbocycles. The van der Waals surface area contributed by atoms with Gasteiger partial charge in [-0.15, -0.1) is 11.3 Å². The Kier molecular flexibility index (Phi) is 4.31. The van der Waals surface area contributed by atoms with Crippen molar-refractivity contribution < 1.29 is 9.59 Å². The molecule has 0 radical (unpaired) electrons. The van der Waals surface area contributed by atoms with Crippen LogP contribution in [0.4, 0.5) is 0 Å². The molecule has 0 atom stereocenters. The SMILES string of the molecule is CC1(C)CCC(=O)N(CC(=O)c2ccc(Cl)s2)CC1. The molecule has 0 N–H and O–H groups in total. The van der Waals surface area contributed by atoms with Crippen molar-refractivity contribution in [1.82, 2.24) is 4.90 Å². The van der Waals surface area contributed by atoms with Crippen molar-refractivity contribution in [3.05, 3.63) is 21.3 Å². The third kappa shape index (κ3) is 3.80. The molecule has 1 aliphatic rings. The summed E-state index contributed by atoms with van der Waals surface area (Å²) in [6.07, 6.45) is 2.37. The molecule has 1 saturated heterocycles. The number of carbonyl (C=O) groups is 2. The standard InChI is InChI=1S/C14H18ClNO2S/c1-14(2)6-5-13(18)16(8-7-14)9-10(17)11-3-4-12(15)19-11/h3-4H,5-9H2,1-2H3. The zero-order valence-electron chi connectivity index (χ0n) is 11.2. The third-order valence-electron chi connectivity index (χ3n) is 3.61. The summed E-state index contributed by atoms with van der Waals surface area (Å²) < 4.78 is 0.603. The maximum absolute atomic E-state index is 12.1. The van der Waals surface area contributed by atoms with E-state index in [1.54, 1.807) is 17.0 Å². The molecule has 1 aromatic rings. The van der Waals surface area contributed by atoms with Crippen LogP contribution in [-0.4, -0.2) is 29.7 Å². The van der Waals surface area contributed by atoms with Crippen LogP contribution in [-0.2, 0) is 4.79 Å². The molecule has 0 spiro atoms. The maximum atomic E-state index is 12.1. The largest absolute Gasteiger partial charge is 0.335 e. The maximum Gasteiger partial charge on any atom is 0.222 e. The molecule has 1 amide bonds. The summed E-state index contributed by atoms with van der Waals surface area (Å²) in [5.41, 5.74) is 0.180. The lowest BCUT2D eigenvalue weighted by Gasteiger charge is -2.22. The van der Waals surface area contributed by atoms with Crippen LogP contribution >= 0.6 is 22.9 Å². The quantitative estimate of drug-likeness (QED) is 0.799. The highest BCUT2D eigenvalue weighted by Crippen LogP contribution is 2.30. The molecular formula is C14H18ClNO2S. The van der Waals surface area contributed by atoms with Gasteiger partial charge in [0.25, 0.3) is 0 Å². The van der Waals surface area contributed by atoms with Gasteiger partial charge >= 0.3 is 0 Å². The Morgan fingerprint density at radius 2 is 2.16 bits per heavy atom. The summed E-state index contributed by atoms with van der Waals surface area (Å²) in [7, 11) is 0. The lowest BCUT2D eigenvalue weighted by Crippen LogP contribution is -2.35. The summed E-state index contributed by atoms with van der Waals surface area (Å²) in [6.45, 7) is 5.18. The second kappa shape index (κ2) is 5.63. The van der Waals surface area contributed by atoms with Crippen molar-refractivity contribution in [2.45, 2.75) is 33.1 Å². The van der Waals surface area contributed by atoms with Crippen molar-refractivity contribution in [2.24, 2.45) is 5.41 Å². The predicted molar refractivity (Wildman–Crippen MR) is 77.9 cm³/mol. The van der Waals surface area contributed by atoms with E-state index >= 15 is 0 Å². The number of Topliss-reactive ketones (excluding diaryl/α,β-unsaturated/α-hetero) is 1. The van der Waals surface area contributed by atoms with Crippen LogP contribution < -0.4 is 0 Å². The lowest BCUT2D eigenvalue weighted by molar-refractivity contribution is -0.130. The molecule has 1 aromatic heterocycles. The first-order valence-electron chi connectivity index (χ1n) is 6.44. The zero-order chi connectivity index (χ0) is 14.0. The Hall–Kier alpha value is -0.870. The average molecular weight is 300 g/mol. The van der Waals surface area contributed by atoms with E-state index in [-0.39, 0.29) is 23.7 Å². The highest BCUT2D eigenvalue weighted by Gasteiger charge is 2.28. The van der Waals surface area contributed by atoms with Gasteiger partial charge < -0.3 is 4.90 Å². The molecule has 1 aliphatic heterocycles. The highest BCUT2D eigenvalue weighted by atomic mass is 35.5.